The number of hydroxylamine groups is 2. The number of aliphatic carboxylic acids is 1. The van der Waals surface area contributed by atoms with Gasteiger partial charge in [-0.15, -0.1) is 5.06 Å². The van der Waals surface area contributed by atoms with Crippen molar-refractivity contribution in [2.24, 2.45) is 0 Å². The van der Waals surface area contributed by atoms with E-state index in [4.69, 9.17) is 5.11 Å². The first-order chi connectivity index (χ1) is 5.61. The van der Waals surface area contributed by atoms with E-state index in [0.29, 0.717) is 5.06 Å². The maximum Gasteiger partial charge on any atom is 0.332 e. The van der Waals surface area contributed by atoms with Crippen molar-refractivity contribution >= 4 is 17.8 Å². The largest absolute Gasteiger partial charge is 0.479 e. The molecule has 2 amide bonds. The zero-order chi connectivity index (χ0) is 9.14. The number of imide groups is 1. The second kappa shape index (κ2) is 3.14. The molecule has 0 atom stereocenters. The van der Waals surface area contributed by atoms with Crippen molar-refractivity contribution in [2.75, 3.05) is 6.61 Å². The maximum atomic E-state index is 10.7. The molecule has 6 nitrogen and oxygen atoms in total. The van der Waals surface area contributed by atoms with E-state index in [0.717, 1.165) is 12.2 Å². The molecular weight excluding hydrogens is 166 g/mol. The Morgan fingerprint density at radius 2 is 1.92 bits per heavy atom. The molecule has 1 aliphatic rings. The van der Waals surface area contributed by atoms with Crippen LogP contribution in [0, 0.1) is 0 Å². The first-order valence-corrected chi connectivity index (χ1v) is 3.02. The van der Waals surface area contributed by atoms with Crippen LogP contribution in [-0.2, 0) is 19.2 Å². The zero-order valence-electron chi connectivity index (χ0n) is 5.89. The third-order valence-corrected chi connectivity index (χ3v) is 1.09. The highest BCUT2D eigenvalue weighted by Gasteiger charge is 2.25. The van der Waals surface area contributed by atoms with Gasteiger partial charge >= 0.3 is 5.97 Å². The van der Waals surface area contributed by atoms with E-state index in [2.05, 4.69) is 4.84 Å². The molecule has 0 fully saturated rings. The third kappa shape index (κ3) is 1.67. The second-order valence-corrected chi connectivity index (χ2v) is 1.97. The van der Waals surface area contributed by atoms with Crippen LogP contribution in [-0.4, -0.2) is 34.6 Å². The number of carbonyl (C=O) groups excluding carboxylic acids is 2. The van der Waals surface area contributed by atoms with Gasteiger partial charge in [0, 0.05) is 12.2 Å². The Balaban J connectivity index is 2.48. The lowest BCUT2D eigenvalue weighted by molar-refractivity contribution is -0.190. The average molecular weight is 171 g/mol. The minimum Gasteiger partial charge on any atom is -0.479 e. The van der Waals surface area contributed by atoms with Gasteiger partial charge in [-0.05, 0) is 0 Å². The van der Waals surface area contributed by atoms with E-state index < -0.39 is 24.4 Å². The van der Waals surface area contributed by atoms with Crippen LogP contribution < -0.4 is 0 Å². The molecule has 0 unspecified atom stereocenters. The Morgan fingerprint density at radius 3 is 2.33 bits per heavy atom. The molecule has 1 heterocycles. The number of rotatable bonds is 3. The van der Waals surface area contributed by atoms with Gasteiger partial charge in [0.25, 0.3) is 11.8 Å². The minimum absolute atomic E-state index is 0.397. The van der Waals surface area contributed by atoms with Crippen LogP contribution in [0.3, 0.4) is 0 Å². The van der Waals surface area contributed by atoms with Crippen molar-refractivity contribution in [1.82, 2.24) is 5.06 Å². The SMILES string of the molecule is O=C(O)CON1C(=O)C=CC1=O. The van der Waals surface area contributed by atoms with E-state index in [1.807, 2.05) is 0 Å². The molecular formula is C6H5NO5. The van der Waals surface area contributed by atoms with E-state index in [1.165, 1.54) is 0 Å². The number of amides is 2. The van der Waals surface area contributed by atoms with Crippen molar-refractivity contribution in [1.29, 1.82) is 0 Å². The normalized spacial score (nSPS) is 15.8. The summed E-state index contributed by atoms with van der Waals surface area (Å²) in [6.45, 7) is -0.709. The second-order valence-electron chi connectivity index (χ2n) is 1.97. The molecule has 12 heavy (non-hydrogen) atoms. The Bertz CT molecular complexity index is 251. The number of hydrogen-bond donors (Lipinski definition) is 1. The fraction of sp³-hybridized carbons (Fsp3) is 0.167. The van der Waals surface area contributed by atoms with Crippen LogP contribution in [0.4, 0.5) is 0 Å². The zero-order valence-corrected chi connectivity index (χ0v) is 5.89. The fourth-order valence-corrected chi connectivity index (χ4v) is 0.634. The summed E-state index contributed by atoms with van der Waals surface area (Å²) in [7, 11) is 0. The first kappa shape index (κ1) is 8.41. The lowest BCUT2D eigenvalue weighted by Crippen LogP contribution is -2.32. The van der Waals surface area contributed by atoms with Gasteiger partial charge in [-0.3, -0.25) is 14.4 Å². The van der Waals surface area contributed by atoms with Crippen LogP contribution in [0.2, 0.25) is 0 Å². The van der Waals surface area contributed by atoms with E-state index in [1.54, 1.807) is 0 Å². The number of hydrogen-bond acceptors (Lipinski definition) is 4. The van der Waals surface area contributed by atoms with Crippen LogP contribution in [0.5, 0.6) is 0 Å². The van der Waals surface area contributed by atoms with Crippen molar-refractivity contribution in [3.05, 3.63) is 12.2 Å². The molecule has 1 N–H and O–H groups in total. The predicted molar refractivity (Wildman–Crippen MR) is 34.6 cm³/mol. The molecule has 0 aromatic heterocycles. The monoisotopic (exact) mass is 171 g/mol. The molecule has 1 aliphatic heterocycles. The van der Waals surface area contributed by atoms with Gasteiger partial charge in [-0.2, -0.15) is 0 Å². The van der Waals surface area contributed by atoms with Gasteiger partial charge in [0.2, 0.25) is 0 Å². The van der Waals surface area contributed by atoms with E-state index in [9.17, 15) is 14.4 Å². The molecule has 0 bridgehead atoms. The quantitative estimate of drug-likeness (QED) is 0.546. The molecule has 0 aromatic rings. The van der Waals surface area contributed by atoms with Crippen LogP contribution in [0.1, 0.15) is 0 Å². The first-order valence-electron chi connectivity index (χ1n) is 3.02. The predicted octanol–water partition coefficient (Wildman–Crippen LogP) is -1.07. The van der Waals surface area contributed by atoms with Crippen LogP contribution in [0.15, 0.2) is 12.2 Å². The highest BCUT2D eigenvalue weighted by Crippen LogP contribution is 2.03. The van der Waals surface area contributed by atoms with Gasteiger partial charge in [0.15, 0.2) is 6.61 Å². The molecule has 0 spiro atoms. The smallest absolute Gasteiger partial charge is 0.332 e. The molecule has 6 heteroatoms. The number of carbonyl (C=O) groups is 3. The minimum atomic E-state index is -1.25. The Labute approximate surface area is 67.0 Å². The lowest BCUT2D eigenvalue weighted by Gasteiger charge is -2.10. The van der Waals surface area contributed by atoms with E-state index >= 15 is 0 Å². The molecule has 0 radical (unpaired) electrons. The third-order valence-electron chi connectivity index (χ3n) is 1.09. The summed E-state index contributed by atoms with van der Waals surface area (Å²) in [6, 6.07) is 0. The molecule has 1 rings (SSSR count). The van der Waals surface area contributed by atoms with Crippen molar-refractivity contribution in [3.63, 3.8) is 0 Å². The summed E-state index contributed by atoms with van der Waals surface area (Å²) in [6.07, 6.45) is 2.01. The molecule has 0 saturated heterocycles. The Kier molecular flexibility index (Phi) is 2.20. The summed E-state index contributed by atoms with van der Waals surface area (Å²) in [5, 5.41) is 8.55. The summed E-state index contributed by atoms with van der Waals surface area (Å²) in [5.74, 6) is -2.58. The summed E-state index contributed by atoms with van der Waals surface area (Å²) < 4.78 is 0. The summed E-state index contributed by atoms with van der Waals surface area (Å²) in [4.78, 5) is 35.7. The van der Waals surface area contributed by atoms with E-state index in [-0.39, 0.29) is 0 Å². The van der Waals surface area contributed by atoms with Crippen molar-refractivity contribution in [2.45, 2.75) is 0 Å². The standard InChI is InChI=1S/C6H5NO5/c8-4-1-2-5(9)7(4)12-3-6(10)11/h1-2H,3H2,(H,10,11). The fourth-order valence-electron chi connectivity index (χ4n) is 0.634. The number of carboxylic acids is 1. The number of nitrogens with zero attached hydrogens (tertiary/aromatic N) is 1. The number of carboxylic acid groups (broad SMARTS) is 1. The lowest BCUT2D eigenvalue weighted by atomic mass is 10.6. The maximum absolute atomic E-state index is 10.7. The highest BCUT2D eigenvalue weighted by atomic mass is 16.7. The Hall–Kier alpha value is -1.69. The summed E-state index contributed by atoms with van der Waals surface area (Å²) >= 11 is 0. The molecule has 0 aliphatic carbocycles. The van der Waals surface area contributed by atoms with Gasteiger partial charge in [0.05, 0.1) is 0 Å². The van der Waals surface area contributed by atoms with Crippen molar-refractivity contribution < 1.29 is 24.3 Å². The summed E-state index contributed by atoms with van der Waals surface area (Å²) in [5.41, 5.74) is 0. The molecule has 64 valence electrons. The van der Waals surface area contributed by atoms with Crippen molar-refractivity contribution in [3.8, 4) is 0 Å². The molecule has 0 aromatic carbocycles. The van der Waals surface area contributed by atoms with Gasteiger partial charge in [-0.25, -0.2) is 4.79 Å². The van der Waals surface area contributed by atoms with Gasteiger partial charge < -0.3 is 5.11 Å². The molecule has 0 saturated carbocycles. The van der Waals surface area contributed by atoms with Crippen LogP contribution in [0.25, 0.3) is 0 Å². The van der Waals surface area contributed by atoms with Gasteiger partial charge in [-0.1, -0.05) is 0 Å². The highest BCUT2D eigenvalue weighted by molar-refractivity contribution is 6.11. The Morgan fingerprint density at radius 1 is 1.42 bits per heavy atom. The van der Waals surface area contributed by atoms with Gasteiger partial charge in [0.1, 0.15) is 0 Å². The topological polar surface area (TPSA) is 83.9 Å². The average Bonchev–Trinajstić information content (AvgIpc) is 2.28. The van der Waals surface area contributed by atoms with Crippen LogP contribution >= 0.6 is 0 Å².